The summed E-state index contributed by atoms with van der Waals surface area (Å²) in [7, 11) is -1.58. The van der Waals surface area contributed by atoms with E-state index >= 15 is 0 Å². The quantitative estimate of drug-likeness (QED) is 0.554. The molecular formula is C17H19NOP+. The van der Waals surface area contributed by atoms with Crippen LogP contribution in [0.25, 0.3) is 11.1 Å². The third kappa shape index (κ3) is 3.85. The molecule has 0 saturated carbocycles. The molecule has 0 N–H and O–H groups in total. The summed E-state index contributed by atoms with van der Waals surface area (Å²) >= 11 is 0. The van der Waals surface area contributed by atoms with Crippen molar-refractivity contribution in [1.29, 1.82) is 0 Å². The first-order chi connectivity index (χ1) is 9.47. The van der Waals surface area contributed by atoms with E-state index in [-0.39, 0.29) is 5.16 Å². The smallest absolute Gasteiger partial charge is 0.0622 e. The van der Waals surface area contributed by atoms with Gasteiger partial charge in [0, 0.05) is 0 Å². The molecule has 0 spiro atoms. The van der Waals surface area contributed by atoms with E-state index in [9.17, 15) is 4.57 Å². The molecule has 0 radical (unpaired) electrons. The first-order valence-corrected chi connectivity index (χ1v) is 7.85. The maximum Gasteiger partial charge on any atom is 0.490 e. The van der Waals surface area contributed by atoms with Gasteiger partial charge in [-0.1, -0.05) is 54.6 Å². The number of nitrogens with zero attached hydrogens (tertiary/aromatic N) is 1. The van der Waals surface area contributed by atoms with Gasteiger partial charge in [0.05, 0.1) is 6.21 Å². The lowest BCUT2D eigenvalue weighted by molar-refractivity contribution is 0.566. The Balaban J connectivity index is 2.14. The third-order valence-corrected chi connectivity index (χ3v) is 4.38. The standard InChI is InChI=1S/C17H19NOP/c1-17(2,3)20(19)18-13-14-9-11-16(12-10-14)15-7-5-4-6-8-15/h4-13H,1-3H3/q+1. The van der Waals surface area contributed by atoms with Crippen molar-refractivity contribution < 1.29 is 4.57 Å². The van der Waals surface area contributed by atoms with Gasteiger partial charge >= 0.3 is 7.95 Å². The molecule has 0 bridgehead atoms. The molecule has 20 heavy (non-hydrogen) atoms. The largest absolute Gasteiger partial charge is 0.490 e. The Kier molecular flexibility index (Phi) is 4.46. The predicted molar refractivity (Wildman–Crippen MR) is 86.8 cm³/mol. The van der Waals surface area contributed by atoms with Crippen LogP contribution in [-0.2, 0) is 4.57 Å². The molecule has 2 aromatic carbocycles. The summed E-state index contributed by atoms with van der Waals surface area (Å²) < 4.78 is 16.0. The van der Waals surface area contributed by atoms with Gasteiger partial charge in [0.25, 0.3) is 0 Å². The van der Waals surface area contributed by atoms with Crippen LogP contribution in [-0.4, -0.2) is 11.4 Å². The first-order valence-electron chi connectivity index (χ1n) is 6.64. The Morgan fingerprint density at radius 3 is 2.00 bits per heavy atom. The third-order valence-electron chi connectivity index (χ3n) is 2.90. The van der Waals surface area contributed by atoms with Gasteiger partial charge in [-0.05, 0) is 46.8 Å². The fraction of sp³-hybridized carbons (Fsp3) is 0.235. The molecule has 0 aliphatic heterocycles. The Bertz CT molecular complexity index is 610. The molecule has 2 nitrogen and oxygen atoms in total. The summed E-state index contributed by atoms with van der Waals surface area (Å²) in [6.07, 6.45) is 1.69. The Morgan fingerprint density at radius 1 is 0.900 bits per heavy atom. The van der Waals surface area contributed by atoms with E-state index in [1.807, 2.05) is 51.1 Å². The molecular weight excluding hydrogens is 265 g/mol. The zero-order chi connectivity index (χ0) is 14.6. The molecule has 0 aromatic heterocycles. The lowest BCUT2D eigenvalue weighted by Crippen LogP contribution is -2.05. The maximum atomic E-state index is 11.9. The Labute approximate surface area is 121 Å². The van der Waals surface area contributed by atoms with Gasteiger partial charge in [0.1, 0.15) is 0 Å². The highest BCUT2D eigenvalue weighted by molar-refractivity contribution is 7.45. The monoisotopic (exact) mass is 284 g/mol. The van der Waals surface area contributed by atoms with Crippen molar-refractivity contribution in [1.82, 2.24) is 0 Å². The molecule has 0 heterocycles. The van der Waals surface area contributed by atoms with Crippen molar-refractivity contribution in [2.45, 2.75) is 25.9 Å². The van der Waals surface area contributed by atoms with Gasteiger partial charge in [-0.2, -0.15) is 0 Å². The number of benzene rings is 2. The zero-order valence-electron chi connectivity index (χ0n) is 12.1. The van der Waals surface area contributed by atoms with Crippen LogP contribution in [0.5, 0.6) is 0 Å². The molecule has 1 unspecified atom stereocenters. The molecule has 0 amide bonds. The van der Waals surface area contributed by atoms with Crippen LogP contribution in [0.3, 0.4) is 0 Å². The van der Waals surface area contributed by atoms with Crippen LogP contribution >= 0.6 is 7.95 Å². The Morgan fingerprint density at radius 2 is 1.45 bits per heavy atom. The lowest BCUT2D eigenvalue weighted by Gasteiger charge is -2.01. The summed E-state index contributed by atoms with van der Waals surface area (Å²) in [5.74, 6) is 0. The van der Waals surface area contributed by atoms with Crippen molar-refractivity contribution in [2.75, 3.05) is 0 Å². The van der Waals surface area contributed by atoms with E-state index in [1.165, 1.54) is 11.1 Å². The van der Waals surface area contributed by atoms with Gasteiger partial charge in [-0.15, -0.1) is 0 Å². The van der Waals surface area contributed by atoms with Crippen molar-refractivity contribution >= 4 is 14.2 Å². The topological polar surface area (TPSA) is 29.4 Å². The maximum absolute atomic E-state index is 11.9. The van der Waals surface area contributed by atoms with Crippen molar-refractivity contribution in [3.8, 4) is 11.1 Å². The zero-order valence-corrected chi connectivity index (χ0v) is 13.0. The average molecular weight is 284 g/mol. The van der Waals surface area contributed by atoms with Crippen LogP contribution in [0, 0.1) is 0 Å². The van der Waals surface area contributed by atoms with Crippen LogP contribution in [0.2, 0.25) is 0 Å². The summed E-state index contributed by atoms with van der Waals surface area (Å²) in [4.78, 5) is 0. The minimum atomic E-state index is -1.58. The van der Waals surface area contributed by atoms with E-state index in [4.69, 9.17) is 0 Å². The molecule has 2 aromatic rings. The molecule has 0 fully saturated rings. The van der Waals surface area contributed by atoms with Crippen LogP contribution in [0.1, 0.15) is 26.3 Å². The second-order valence-corrected chi connectivity index (χ2v) is 7.79. The minimum Gasteiger partial charge on any atom is -0.0622 e. The molecule has 2 rings (SSSR count). The number of hydrogen-bond acceptors (Lipinski definition) is 1. The van der Waals surface area contributed by atoms with E-state index in [2.05, 4.69) is 29.0 Å². The summed E-state index contributed by atoms with van der Waals surface area (Å²) in [5.41, 5.74) is 3.33. The van der Waals surface area contributed by atoms with E-state index in [1.54, 1.807) is 6.21 Å². The van der Waals surface area contributed by atoms with Gasteiger partial charge in [0.2, 0.25) is 0 Å². The molecule has 3 heteroatoms. The SMILES string of the molecule is CC(C)(C)[P+](=O)N=Cc1ccc(-c2ccccc2)cc1. The van der Waals surface area contributed by atoms with Gasteiger partial charge in [-0.25, -0.2) is 0 Å². The number of rotatable bonds is 3. The Hall–Kier alpha value is -1.79. The van der Waals surface area contributed by atoms with Crippen LogP contribution in [0.15, 0.2) is 59.4 Å². The van der Waals surface area contributed by atoms with Crippen molar-refractivity contribution in [3.05, 3.63) is 60.2 Å². The summed E-state index contributed by atoms with van der Waals surface area (Å²) in [6, 6.07) is 18.3. The second kappa shape index (κ2) is 6.11. The van der Waals surface area contributed by atoms with Gasteiger partial charge < -0.3 is 0 Å². The molecule has 1 atom stereocenters. The van der Waals surface area contributed by atoms with Crippen molar-refractivity contribution in [3.63, 3.8) is 0 Å². The van der Waals surface area contributed by atoms with Gasteiger partial charge in [-0.3, -0.25) is 0 Å². The molecule has 102 valence electrons. The summed E-state index contributed by atoms with van der Waals surface area (Å²) in [5, 5.41) is -0.282. The average Bonchev–Trinajstić information content (AvgIpc) is 2.45. The predicted octanol–water partition coefficient (Wildman–Crippen LogP) is 5.31. The lowest BCUT2D eigenvalue weighted by atomic mass is 10.0. The highest BCUT2D eigenvalue weighted by atomic mass is 31.1. The molecule has 0 aliphatic carbocycles. The van der Waals surface area contributed by atoms with Crippen LogP contribution in [0.4, 0.5) is 0 Å². The van der Waals surface area contributed by atoms with E-state index < -0.39 is 7.95 Å². The van der Waals surface area contributed by atoms with E-state index in [0.29, 0.717) is 0 Å². The normalized spacial score (nSPS) is 12.7. The molecule has 0 aliphatic rings. The van der Waals surface area contributed by atoms with Crippen molar-refractivity contribution in [2.24, 2.45) is 4.76 Å². The highest BCUT2D eigenvalue weighted by Gasteiger charge is 2.34. The second-order valence-electron chi connectivity index (χ2n) is 5.68. The molecule has 0 saturated heterocycles. The number of hydrogen-bond donors (Lipinski definition) is 0. The first kappa shape index (κ1) is 14.6. The van der Waals surface area contributed by atoms with E-state index in [0.717, 1.165) is 5.56 Å². The summed E-state index contributed by atoms with van der Waals surface area (Å²) in [6.45, 7) is 5.80. The fourth-order valence-electron chi connectivity index (χ4n) is 1.68. The van der Waals surface area contributed by atoms with Gasteiger partial charge in [0.15, 0.2) is 5.16 Å². The minimum absolute atomic E-state index is 0.282. The van der Waals surface area contributed by atoms with Crippen LogP contribution < -0.4 is 0 Å². The fourth-order valence-corrected chi connectivity index (χ4v) is 2.27. The highest BCUT2D eigenvalue weighted by Crippen LogP contribution is 2.38.